The van der Waals surface area contributed by atoms with Gasteiger partial charge in [0.2, 0.25) is 23.2 Å². The normalized spacial score (nSPS) is 14.9. The molecule has 0 saturated carbocycles. The number of rotatable bonds is 6. The lowest BCUT2D eigenvalue weighted by Gasteiger charge is -2.30. The number of carbonyl (C=O) groups excluding carboxylic acids is 1. The van der Waals surface area contributed by atoms with Gasteiger partial charge in [-0.05, 0) is 36.8 Å². The Morgan fingerprint density at radius 3 is 2.81 bits per heavy atom. The van der Waals surface area contributed by atoms with Gasteiger partial charge in [0, 0.05) is 28.3 Å². The first-order valence-corrected chi connectivity index (χ1v) is 11.8. The number of fused-ring (bicyclic) bond motifs is 3. The zero-order valence-corrected chi connectivity index (χ0v) is 19.3. The van der Waals surface area contributed by atoms with Gasteiger partial charge in [0.25, 0.3) is 0 Å². The predicted octanol–water partition coefficient (Wildman–Crippen LogP) is 6.06. The molecule has 0 unspecified atom stereocenters. The number of amides is 1. The van der Waals surface area contributed by atoms with E-state index in [1.165, 1.54) is 28.8 Å². The van der Waals surface area contributed by atoms with Crippen molar-refractivity contribution in [1.29, 1.82) is 0 Å². The molecule has 6 nitrogen and oxygen atoms in total. The number of benzene rings is 2. The van der Waals surface area contributed by atoms with E-state index in [0.717, 1.165) is 18.6 Å². The van der Waals surface area contributed by atoms with Crippen LogP contribution < -0.4 is 9.64 Å². The van der Waals surface area contributed by atoms with Gasteiger partial charge in [0.1, 0.15) is 5.82 Å². The van der Waals surface area contributed by atoms with Crippen molar-refractivity contribution in [2.45, 2.75) is 44.5 Å². The van der Waals surface area contributed by atoms with Gasteiger partial charge in [-0.2, -0.15) is 4.98 Å². The zero-order chi connectivity index (χ0) is 22.7. The van der Waals surface area contributed by atoms with Crippen LogP contribution in [0.2, 0.25) is 5.02 Å². The lowest BCUT2D eigenvalue weighted by molar-refractivity contribution is -0.120. The number of unbranched alkanes of at least 4 members (excludes halogenated alkanes) is 1. The zero-order valence-electron chi connectivity index (χ0n) is 17.7. The van der Waals surface area contributed by atoms with Crippen LogP contribution in [0.4, 0.5) is 10.1 Å². The average Bonchev–Trinajstić information content (AvgIpc) is 2.93. The molecular weight excluding hydrogens is 451 g/mol. The topological polar surface area (TPSA) is 68.2 Å². The summed E-state index contributed by atoms with van der Waals surface area (Å²) in [6.07, 6.45) is 1.38. The maximum atomic E-state index is 14.1. The van der Waals surface area contributed by atoms with Crippen LogP contribution in [0.25, 0.3) is 11.3 Å². The van der Waals surface area contributed by atoms with E-state index in [0.29, 0.717) is 32.7 Å². The Bertz CT molecular complexity index is 1150. The molecule has 0 bridgehead atoms. The first-order chi connectivity index (χ1) is 15.5. The molecule has 1 aliphatic rings. The van der Waals surface area contributed by atoms with E-state index in [-0.39, 0.29) is 18.2 Å². The van der Waals surface area contributed by atoms with E-state index in [9.17, 15) is 9.18 Å². The second kappa shape index (κ2) is 9.83. The average molecular weight is 473 g/mol. The molecule has 3 aromatic rings. The minimum absolute atomic E-state index is 0.193. The Morgan fingerprint density at radius 1 is 1.22 bits per heavy atom. The summed E-state index contributed by atoms with van der Waals surface area (Å²) in [5.41, 5.74) is 2.00. The number of carbonyl (C=O) groups is 1. The third kappa shape index (κ3) is 4.56. The molecule has 2 aromatic carbocycles. The standard InChI is InChI=1S/C23H22ClFN4O2S/c1-3-5-11-32-23-26-21-20(27-28-23)17-13-15(24)9-10-18(17)29(19(30)4-2)22(31-21)14-7-6-8-16(25)12-14/h6-10,12-13,22H,3-5,11H2,1-2H3/t22-/m1/s1. The molecule has 9 heteroatoms. The molecule has 4 rings (SSSR count). The van der Waals surface area contributed by atoms with E-state index in [4.69, 9.17) is 16.3 Å². The van der Waals surface area contributed by atoms with Crippen molar-refractivity contribution in [2.75, 3.05) is 10.7 Å². The SMILES string of the molecule is CCCCSc1nnc2c(n1)O[C@H](c1cccc(F)c1)N(C(=O)CC)c1ccc(Cl)cc1-2. The van der Waals surface area contributed by atoms with Gasteiger partial charge in [-0.15, -0.1) is 10.2 Å². The highest BCUT2D eigenvalue weighted by Gasteiger charge is 2.35. The molecule has 0 spiro atoms. The van der Waals surface area contributed by atoms with Crippen molar-refractivity contribution in [2.24, 2.45) is 0 Å². The maximum absolute atomic E-state index is 14.1. The molecule has 1 atom stereocenters. The van der Waals surface area contributed by atoms with Crippen molar-refractivity contribution < 1.29 is 13.9 Å². The van der Waals surface area contributed by atoms with Crippen LogP contribution in [0.5, 0.6) is 5.88 Å². The summed E-state index contributed by atoms with van der Waals surface area (Å²) in [5.74, 6) is 0.462. The summed E-state index contributed by atoms with van der Waals surface area (Å²) in [5, 5.41) is 9.59. The Hall–Kier alpha value is -2.71. The number of halogens is 2. The van der Waals surface area contributed by atoms with Gasteiger partial charge in [-0.3, -0.25) is 9.69 Å². The highest BCUT2D eigenvalue weighted by molar-refractivity contribution is 7.99. The lowest BCUT2D eigenvalue weighted by atomic mass is 10.1. The third-order valence-electron chi connectivity index (χ3n) is 5.00. The molecule has 2 heterocycles. The van der Waals surface area contributed by atoms with Gasteiger partial charge in [0.05, 0.1) is 5.69 Å². The molecule has 0 aliphatic carbocycles. The Morgan fingerprint density at radius 2 is 2.06 bits per heavy atom. The Balaban J connectivity index is 1.90. The minimum atomic E-state index is -0.926. The fourth-order valence-electron chi connectivity index (χ4n) is 3.42. The van der Waals surface area contributed by atoms with Crippen molar-refractivity contribution in [3.63, 3.8) is 0 Å². The van der Waals surface area contributed by atoms with Crippen LogP contribution in [-0.4, -0.2) is 26.8 Å². The first-order valence-electron chi connectivity index (χ1n) is 10.4. The number of hydrogen-bond acceptors (Lipinski definition) is 6. The van der Waals surface area contributed by atoms with Crippen molar-refractivity contribution >= 4 is 35.0 Å². The predicted molar refractivity (Wildman–Crippen MR) is 123 cm³/mol. The maximum Gasteiger partial charge on any atom is 0.247 e. The van der Waals surface area contributed by atoms with Gasteiger partial charge in [0.15, 0.2) is 5.69 Å². The summed E-state index contributed by atoms with van der Waals surface area (Å²) in [6, 6.07) is 11.1. The molecule has 0 radical (unpaired) electrons. The van der Waals surface area contributed by atoms with E-state index < -0.39 is 12.0 Å². The number of ether oxygens (including phenoxy) is 1. The van der Waals surface area contributed by atoms with Crippen LogP contribution in [-0.2, 0) is 4.79 Å². The molecule has 32 heavy (non-hydrogen) atoms. The lowest BCUT2D eigenvalue weighted by Crippen LogP contribution is -2.37. The highest BCUT2D eigenvalue weighted by atomic mass is 35.5. The van der Waals surface area contributed by atoms with Crippen LogP contribution >= 0.6 is 23.4 Å². The van der Waals surface area contributed by atoms with E-state index in [1.807, 2.05) is 0 Å². The number of nitrogens with zero attached hydrogens (tertiary/aromatic N) is 4. The van der Waals surface area contributed by atoms with E-state index in [2.05, 4.69) is 22.1 Å². The number of anilines is 1. The number of hydrogen-bond donors (Lipinski definition) is 0. The summed E-state index contributed by atoms with van der Waals surface area (Å²) < 4.78 is 20.4. The molecule has 0 N–H and O–H groups in total. The summed E-state index contributed by atoms with van der Waals surface area (Å²) in [6.45, 7) is 3.88. The third-order valence-corrected chi connectivity index (χ3v) is 6.16. The summed E-state index contributed by atoms with van der Waals surface area (Å²) in [7, 11) is 0. The summed E-state index contributed by atoms with van der Waals surface area (Å²) >= 11 is 7.77. The second-order valence-corrected chi connectivity index (χ2v) is 8.75. The van der Waals surface area contributed by atoms with Crippen molar-refractivity contribution in [3.8, 4) is 17.1 Å². The quantitative estimate of drug-likeness (QED) is 0.321. The second-order valence-electron chi connectivity index (χ2n) is 7.25. The summed E-state index contributed by atoms with van der Waals surface area (Å²) in [4.78, 5) is 19.2. The Kier molecular flexibility index (Phi) is 6.91. The smallest absolute Gasteiger partial charge is 0.247 e. The first kappa shape index (κ1) is 22.5. The fraction of sp³-hybridized carbons (Fsp3) is 0.304. The fourth-order valence-corrected chi connectivity index (χ4v) is 4.46. The molecule has 166 valence electrons. The molecule has 0 saturated heterocycles. The van der Waals surface area contributed by atoms with Crippen LogP contribution in [0, 0.1) is 5.82 Å². The van der Waals surface area contributed by atoms with Crippen LogP contribution in [0.15, 0.2) is 47.6 Å². The molecule has 1 aromatic heterocycles. The molecule has 0 fully saturated rings. The number of aromatic nitrogens is 3. The highest BCUT2D eigenvalue weighted by Crippen LogP contribution is 2.44. The molecule has 1 aliphatic heterocycles. The molecule has 1 amide bonds. The van der Waals surface area contributed by atoms with Crippen molar-refractivity contribution in [1.82, 2.24) is 15.2 Å². The van der Waals surface area contributed by atoms with Gasteiger partial charge < -0.3 is 4.74 Å². The number of thioether (sulfide) groups is 1. The van der Waals surface area contributed by atoms with Crippen LogP contribution in [0.3, 0.4) is 0 Å². The van der Waals surface area contributed by atoms with E-state index in [1.54, 1.807) is 37.3 Å². The van der Waals surface area contributed by atoms with Crippen molar-refractivity contribution in [3.05, 3.63) is 58.9 Å². The monoisotopic (exact) mass is 472 g/mol. The van der Waals surface area contributed by atoms with Gasteiger partial charge in [-0.1, -0.05) is 55.8 Å². The minimum Gasteiger partial charge on any atom is -0.447 e. The van der Waals surface area contributed by atoms with Gasteiger partial charge in [-0.25, -0.2) is 4.39 Å². The van der Waals surface area contributed by atoms with Crippen LogP contribution in [0.1, 0.15) is 44.9 Å². The molecular formula is C23H22ClFN4O2S. The Labute approximate surface area is 195 Å². The largest absolute Gasteiger partial charge is 0.447 e. The van der Waals surface area contributed by atoms with E-state index >= 15 is 0 Å². The van der Waals surface area contributed by atoms with Gasteiger partial charge >= 0.3 is 0 Å².